The lowest BCUT2D eigenvalue weighted by Gasteiger charge is -2.33. The third-order valence-electron chi connectivity index (χ3n) is 15.6. The maximum absolute atomic E-state index is 15.2. The summed E-state index contributed by atoms with van der Waals surface area (Å²) in [5.41, 5.74) is 0.431. The highest BCUT2D eigenvalue weighted by Crippen LogP contribution is 2.41. The summed E-state index contributed by atoms with van der Waals surface area (Å²) in [7, 11) is 9.62. The number of hydrogen-bond donors (Lipinski definition) is 6. The zero-order valence-electron chi connectivity index (χ0n) is 46.2. The van der Waals surface area contributed by atoms with Crippen molar-refractivity contribution in [1.29, 1.82) is 0 Å². The number of anilines is 8. The first kappa shape index (κ1) is 59.7. The van der Waals surface area contributed by atoms with Crippen molar-refractivity contribution in [2.45, 2.75) is 113 Å². The number of ether oxygens (including phenoxy) is 2. The number of fused-ring (bicyclic) bond motifs is 1. The van der Waals surface area contributed by atoms with Crippen LogP contribution >= 0.6 is 0 Å². The normalized spacial score (nSPS) is 18.5. The van der Waals surface area contributed by atoms with Crippen molar-refractivity contribution in [2.24, 2.45) is 0 Å². The Morgan fingerprint density at radius 2 is 1.21 bits per heavy atom. The number of alkyl halides is 4. The molecule has 6 N–H and O–H groups in total. The first-order chi connectivity index (χ1) is 38.6. The Kier molecular flexibility index (Phi) is 18.8. The quantitative estimate of drug-likeness (QED) is 0.0571. The van der Waals surface area contributed by atoms with Gasteiger partial charge >= 0.3 is 17.8 Å². The van der Waals surface area contributed by atoms with Crippen LogP contribution in [-0.4, -0.2) is 176 Å². The van der Waals surface area contributed by atoms with Gasteiger partial charge in [0.25, 0.3) is 17.7 Å². The van der Waals surface area contributed by atoms with E-state index in [0.29, 0.717) is 31.4 Å². The van der Waals surface area contributed by atoms with Crippen LogP contribution in [0.5, 0.6) is 11.5 Å². The fraction of sp³-hybridized carbons (Fsp3) is 0.556. The summed E-state index contributed by atoms with van der Waals surface area (Å²) < 4.78 is 99.7. The fourth-order valence-electron chi connectivity index (χ4n) is 10.9. The van der Waals surface area contributed by atoms with Gasteiger partial charge in [0, 0.05) is 50.4 Å². The van der Waals surface area contributed by atoms with Gasteiger partial charge in [0.2, 0.25) is 11.9 Å². The molecule has 0 bridgehead atoms. The second kappa shape index (κ2) is 25.6. The van der Waals surface area contributed by atoms with Crippen molar-refractivity contribution in [1.82, 2.24) is 40.4 Å². The number of carbonyl (C=O) groups excluding carboxylic acids is 3. The van der Waals surface area contributed by atoms with Gasteiger partial charge in [0.15, 0.2) is 11.6 Å². The molecular formula is C54H70F6N14O7. The van der Waals surface area contributed by atoms with E-state index in [9.17, 15) is 36.7 Å². The number of hydrogen-bond acceptors (Lipinski definition) is 17. The van der Waals surface area contributed by atoms with E-state index in [-0.39, 0.29) is 87.4 Å². The lowest BCUT2D eigenvalue weighted by molar-refractivity contribution is -0.163. The molecule has 27 heteroatoms. The zero-order valence-corrected chi connectivity index (χ0v) is 46.2. The summed E-state index contributed by atoms with van der Waals surface area (Å²) in [4.78, 5) is 74.8. The maximum atomic E-state index is 15.2. The fourth-order valence-corrected chi connectivity index (χ4v) is 10.9. The summed E-state index contributed by atoms with van der Waals surface area (Å²) in [6.07, 6.45) is 11.8. The standard InChI is InChI=1S/C27H36F3N7O4.C27H34F3N7O3/c1-31-21-14-32-26(35-23(21)37(17-6-4-5-7-17)15-27(29,30)25(39)40)34-20-13-19(28)18(12-22(20)41-3)24(38)33-16-8-10-36(2)11-9-16;1-35-10-8-16(9-11-35)32-24(38)18-12-22(40-3)20(13-19(18)28)33-26-31-14-21-23(34-26)37(17-6-4-5-7-17)15-27(29,30)25(39)36(21)2/h12-14,16-17,31H,4-11,15H2,1-3H3,(H,33,38)(H,39,40)(H,32,34,35);12-14,16-17H,4-11,15H2,1-3H3,(H,32,38)(H,31,33,34). The van der Waals surface area contributed by atoms with Gasteiger partial charge in [-0.25, -0.2) is 23.5 Å². The number of carbonyl (C=O) groups is 4. The molecule has 2 saturated carbocycles. The molecule has 3 aliphatic heterocycles. The van der Waals surface area contributed by atoms with Gasteiger partial charge in [-0.2, -0.15) is 27.5 Å². The molecule has 0 spiro atoms. The molecule has 0 atom stereocenters. The molecule has 3 amide bonds. The SMILES string of the molecule is CNc1cnc(Nc2cc(F)c(C(=O)NC3CCN(C)CC3)cc2OC)nc1N(CC(F)(F)C(=O)O)C1CCCC1.COc1cc(C(=O)NC2CCN(C)CC2)c(F)cc1Nc1ncc2c(n1)N(C1CCCC1)CC(F)(F)C(=O)N2C. The Balaban J connectivity index is 0.000000212. The highest BCUT2D eigenvalue weighted by Gasteiger charge is 2.49. The molecule has 2 aromatic heterocycles. The number of carboxylic acid groups (broad SMARTS) is 1. The summed E-state index contributed by atoms with van der Waals surface area (Å²) >= 11 is 0. The average molecular weight is 1140 g/mol. The van der Waals surface area contributed by atoms with Gasteiger partial charge in [-0.15, -0.1) is 0 Å². The number of rotatable bonds is 17. The van der Waals surface area contributed by atoms with Gasteiger partial charge in [0.05, 0.1) is 67.9 Å². The Labute approximate surface area is 465 Å². The molecule has 5 heterocycles. The van der Waals surface area contributed by atoms with Crippen molar-refractivity contribution < 1.29 is 60.1 Å². The van der Waals surface area contributed by atoms with Crippen molar-refractivity contribution >= 4 is 70.0 Å². The van der Waals surface area contributed by atoms with Crippen LogP contribution in [0.15, 0.2) is 36.7 Å². The number of piperidine rings is 2. The summed E-state index contributed by atoms with van der Waals surface area (Å²) in [6, 6.07) is 4.16. The minimum absolute atomic E-state index is 0.00837. The van der Waals surface area contributed by atoms with Crippen LogP contribution in [0.25, 0.3) is 0 Å². The summed E-state index contributed by atoms with van der Waals surface area (Å²) in [5, 5.41) is 23.5. The molecule has 440 valence electrons. The Morgan fingerprint density at radius 1 is 0.728 bits per heavy atom. The number of nitrogens with zero attached hydrogens (tertiary/aromatic N) is 9. The van der Waals surface area contributed by atoms with E-state index in [0.717, 1.165) is 94.6 Å². The second-order valence-electron chi connectivity index (χ2n) is 21.2. The number of likely N-dealkylation sites (tertiary alicyclic amines) is 2. The molecule has 0 unspecified atom stereocenters. The minimum atomic E-state index is -4.01. The minimum Gasteiger partial charge on any atom is -0.495 e. The van der Waals surface area contributed by atoms with E-state index in [4.69, 9.17) is 14.6 Å². The predicted molar refractivity (Wildman–Crippen MR) is 292 cm³/mol. The number of benzene rings is 2. The van der Waals surface area contributed by atoms with Crippen LogP contribution in [0.1, 0.15) is 97.8 Å². The van der Waals surface area contributed by atoms with E-state index in [1.165, 1.54) is 55.6 Å². The van der Waals surface area contributed by atoms with Crippen molar-refractivity contribution in [3.8, 4) is 11.5 Å². The van der Waals surface area contributed by atoms with Gasteiger partial charge in [-0.1, -0.05) is 25.7 Å². The van der Waals surface area contributed by atoms with Gasteiger partial charge in [-0.3, -0.25) is 14.4 Å². The molecule has 2 aromatic carbocycles. The van der Waals surface area contributed by atoms with E-state index >= 15 is 8.78 Å². The third-order valence-corrected chi connectivity index (χ3v) is 15.6. The molecule has 4 fully saturated rings. The van der Waals surface area contributed by atoms with Crippen molar-refractivity contribution in [3.05, 3.63) is 59.4 Å². The van der Waals surface area contributed by atoms with Crippen LogP contribution in [0.2, 0.25) is 0 Å². The first-order valence-corrected chi connectivity index (χ1v) is 27.1. The van der Waals surface area contributed by atoms with Crippen LogP contribution in [0, 0.1) is 11.6 Å². The van der Waals surface area contributed by atoms with Crippen LogP contribution in [0.4, 0.5) is 72.6 Å². The zero-order chi connectivity index (χ0) is 58.3. The number of amides is 3. The summed E-state index contributed by atoms with van der Waals surface area (Å²) in [5.74, 6) is -13.2. The van der Waals surface area contributed by atoms with Crippen LogP contribution in [-0.2, 0) is 9.59 Å². The molecule has 2 saturated heterocycles. The van der Waals surface area contributed by atoms with E-state index in [1.54, 1.807) is 7.05 Å². The number of aliphatic carboxylic acids is 1. The molecular weight excluding hydrogens is 1070 g/mol. The Morgan fingerprint density at radius 3 is 1.69 bits per heavy atom. The number of halogens is 6. The topological polar surface area (TPSA) is 235 Å². The number of methoxy groups -OCH3 is 2. The van der Waals surface area contributed by atoms with Gasteiger partial charge in [0.1, 0.15) is 28.8 Å². The largest absolute Gasteiger partial charge is 0.495 e. The monoisotopic (exact) mass is 1140 g/mol. The van der Waals surface area contributed by atoms with E-state index in [1.807, 2.05) is 14.1 Å². The lowest BCUT2D eigenvalue weighted by Crippen LogP contribution is -2.48. The average Bonchev–Trinajstić information content (AvgIpc) is 4.36. The number of aromatic nitrogens is 4. The molecule has 4 aromatic rings. The maximum Gasteiger partial charge on any atom is 0.376 e. The molecule has 9 rings (SSSR count). The Hall–Kier alpha value is -7.42. The molecule has 2 aliphatic carbocycles. The third kappa shape index (κ3) is 14.0. The molecule has 21 nitrogen and oxygen atoms in total. The van der Waals surface area contributed by atoms with Crippen LogP contribution in [0.3, 0.4) is 0 Å². The van der Waals surface area contributed by atoms with E-state index in [2.05, 4.69) is 56.3 Å². The smallest absolute Gasteiger partial charge is 0.376 e. The van der Waals surface area contributed by atoms with E-state index < -0.39 is 60.3 Å². The van der Waals surface area contributed by atoms with Crippen molar-refractivity contribution in [3.63, 3.8) is 0 Å². The van der Waals surface area contributed by atoms with Crippen molar-refractivity contribution in [2.75, 3.05) is 112 Å². The number of carboxylic acids is 1. The first-order valence-electron chi connectivity index (χ1n) is 27.1. The Bertz CT molecular complexity index is 2920. The molecule has 5 aliphatic rings. The lowest BCUT2D eigenvalue weighted by atomic mass is 10.0. The van der Waals surface area contributed by atoms with Gasteiger partial charge in [-0.05, 0) is 104 Å². The highest BCUT2D eigenvalue weighted by atomic mass is 19.3. The van der Waals surface area contributed by atoms with Gasteiger partial charge < -0.3 is 65.7 Å². The molecule has 0 radical (unpaired) electrons. The second-order valence-corrected chi connectivity index (χ2v) is 21.2. The molecule has 81 heavy (non-hydrogen) atoms. The van der Waals surface area contributed by atoms with Crippen LogP contribution < -0.4 is 50.8 Å². The predicted octanol–water partition coefficient (Wildman–Crippen LogP) is 7.26. The highest BCUT2D eigenvalue weighted by molar-refractivity contribution is 6.02. The summed E-state index contributed by atoms with van der Waals surface area (Å²) in [6.45, 7) is 1.50. The number of nitrogens with one attached hydrogen (secondary N) is 5.